The summed E-state index contributed by atoms with van der Waals surface area (Å²) in [5.41, 5.74) is 2.15. The first-order valence-electron chi connectivity index (χ1n) is 6.79. The maximum absolute atomic E-state index is 10.6. The van der Waals surface area contributed by atoms with Gasteiger partial charge in [-0.05, 0) is 47.0 Å². The van der Waals surface area contributed by atoms with Gasteiger partial charge in [-0.15, -0.1) is 0 Å². The SMILES string of the molecule is CC1(C)CCC(O)(CNc2ncnc(NN)c2Br)CC1. The Labute approximate surface area is 127 Å². The van der Waals surface area contributed by atoms with Gasteiger partial charge in [0, 0.05) is 6.54 Å². The predicted molar refractivity (Wildman–Crippen MR) is 83.2 cm³/mol. The molecule has 5 N–H and O–H groups in total. The van der Waals surface area contributed by atoms with E-state index in [0.29, 0.717) is 28.1 Å². The lowest BCUT2D eigenvalue weighted by molar-refractivity contribution is -0.0146. The minimum absolute atomic E-state index is 0.332. The average molecular weight is 344 g/mol. The van der Waals surface area contributed by atoms with Gasteiger partial charge in [0.05, 0.1) is 5.60 Å². The van der Waals surface area contributed by atoms with Crippen LogP contribution in [0.5, 0.6) is 0 Å². The fourth-order valence-corrected chi connectivity index (χ4v) is 2.87. The van der Waals surface area contributed by atoms with Gasteiger partial charge in [0.15, 0.2) is 5.82 Å². The first-order valence-corrected chi connectivity index (χ1v) is 7.58. The van der Waals surface area contributed by atoms with Crippen LogP contribution in [0.3, 0.4) is 0 Å². The Morgan fingerprint density at radius 1 is 1.25 bits per heavy atom. The normalized spacial score (nSPS) is 20.4. The molecule has 1 saturated carbocycles. The predicted octanol–water partition coefficient (Wildman–Crippen LogP) is 2.27. The third-order valence-corrected chi connectivity index (χ3v) is 4.80. The van der Waals surface area contributed by atoms with Crippen molar-refractivity contribution in [3.63, 3.8) is 0 Å². The summed E-state index contributed by atoms with van der Waals surface area (Å²) in [7, 11) is 0. The van der Waals surface area contributed by atoms with E-state index in [2.05, 4.69) is 50.5 Å². The summed E-state index contributed by atoms with van der Waals surface area (Å²) in [6, 6.07) is 0. The van der Waals surface area contributed by atoms with Gasteiger partial charge in [0.25, 0.3) is 0 Å². The summed E-state index contributed by atoms with van der Waals surface area (Å²) < 4.78 is 0.669. The number of hydrogen-bond acceptors (Lipinski definition) is 6. The molecule has 1 aliphatic rings. The number of aliphatic hydroxyl groups is 1. The van der Waals surface area contributed by atoms with Crippen LogP contribution in [-0.4, -0.2) is 27.2 Å². The quantitative estimate of drug-likeness (QED) is 0.494. The first kappa shape index (κ1) is 15.5. The Balaban J connectivity index is 1.99. The number of anilines is 2. The maximum Gasteiger partial charge on any atom is 0.159 e. The zero-order valence-electron chi connectivity index (χ0n) is 11.9. The molecule has 6 nitrogen and oxygen atoms in total. The summed E-state index contributed by atoms with van der Waals surface area (Å²) in [5, 5.41) is 13.8. The maximum atomic E-state index is 10.6. The van der Waals surface area contributed by atoms with Crippen LogP contribution in [0.1, 0.15) is 39.5 Å². The molecule has 7 heteroatoms. The number of hydrogen-bond donors (Lipinski definition) is 4. The zero-order valence-corrected chi connectivity index (χ0v) is 13.5. The van der Waals surface area contributed by atoms with Crippen molar-refractivity contribution >= 4 is 27.6 Å². The van der Waals surface area contributed by atoms with E-state index in [0.717, 1.165) is 25.7 Å². The summed E-state index contributed by atoms with van der Waals surface area (Å²) >= 11 is 3.39. The van der Waals surface area contributed by atoms with Crippen molar-refractivity contribution < 1.29 is 5.11 Å². The Morgan fingerprint density at radius 2 is 1.85 bits per heavy atom. The lowest BCUT2D eigenvalue weighted by Gasteiger charge is -2.40. The Hall–Kier alpha value is -0.920. The van der Waals surface area contributed by atoms with E-state index in [9.17, 15) is 5.11 Å². The number of nitrogens with one attached hydrogen (secondary N) is 2. The van der Waals surface area contributed by atoms with Crippen molar-refractivity contribution in [2.24, 2.45) is 11.3 Å². The van der Waals surface area contributed by atoms with Crippen molar-refractivity contribution in [1.82, 2.24) is 9.97 Å². The highest BCUT2D eigenvalue weighted by atomic mass is 79.9. The summed E-state index contributed by atoms with van der Waals surface area (Å²) in [6.45, 7) is 4.98. The van der Waals surface area contributed by atoms with Crippen molar-refractivity contribution in [3.05, 3.63) is 10.8 Å². The van der Waals surface area contributed by atoms with E-state index in [1.165, 1.54) is 6.33 Å². The molecule has 0 spiro atoms. The van der Waals surface area contributed by atoms with Gasteiger partial charge in [-0.25, -0.2) is 15.8 Å². The molecular weight excluding hydrogens is 322 g/mol. The van der Waals surface area contributed by atoms with Gasteiger partial charge in [0.1, 0.15) is 16.6 Å². The second-order valence-corrected chi connectivity index (χ2v) is 7.06. The molecule has 1 heterocycles. The number of aromatic nitrogens is 2. The molecule has 112 valence electrons. The lowest BCUT2D eigenvalue weighted by atomic mass is 9.71. The number of halogens is 1. The van der Waals surface area contributed by atoms with Crippen LogP contribution in [0.25, 0.3) is 0 Å². The number of rotatable bonds is 4. The summed E-state index contributed by atoms with van der Waals surface area (Å²) in [6.07, 6.45) is 5.10. The van der Waals surface area contributed by atoms with Crippen LogP contribution in [0.4, 0.5) is 11.6 Å². The minimum Gasteiger partial charge on any atom is -0.388 e. The zero-order chi connectivity index (χ0) is 14.8. The molecule has 0 aromatic carbocycles. The highest BCUT2D eigenvalue weighted by Crippen LogP contribution is 2.40. The molecule has 1 aliphatic carbocycles. The molecule has 0 amide bonds. The second-order valence-electron chi connectivity index (χ2n) is 6.27. The molecule has 0 bridgehead atoms. The smallest absolute Gasteiger partial charge is 0.159 e. The lowest BCUT2D eigenvalue weighted by Crippen LogP contribution is -2.42. The topological polar surface area (TPSA) is 96.1 Å². The van der Waals surface area contributed by atoms with Gasteiger partial charge in [0.2, 0.25) is 0 Å². The van der Waals surface area contributed by atoms with E-state index in [1.54, 1.807) is 0 Å². The second kappa shape index (κ2) is 5.83. The van der Waals surface area contributed by atoms with Gasteiger partial charge in [-0.1, -0.05) is 13.8 Å². The molecule has 0 saturated heterocycles. The van der Waals surface area contributed by atoms with E-state index < -0.39 is 5.60 Å². The number of nitrogens with two attached hydrogens (primary N) is 1. The van der Waals surface area contributed by atoms with Crippen molar-refractivity contribution in [3.8, 4) is 0 Å². The standard InChI is InChI=1S/C13H22BrN5O/c1-12(2)3-5-13(20,6-4-12)7-16-10-9(14)11(19-15)18-8-17-10/h8,20H,3-7,15H2,1-2H3,(H2,16,17,18,19). The molecule has 0 unspecified atom stereocenters. The molecule has 1 aromatic rings. The van der Waals surface area contributed by atoms with Crippen molar-refractivity contribution in [1.29, 1.82) is 0 Å². The van der Waals surface area contributed by atoms with E-state index in [1.807, 2.05) is 0 Å². The summed E-state index contributed by atoms with van der Waals surface area (Å²) in [4.78, 5) is 8.15. The number of nitrogen functional groups attached to an aromatic ring is 1. The average Bonchev–Trinajstić information content (AvgIpc) is 2.42. The fourth-order valence-electron chi connectivity index (χ4n) is 2.41. The van der Waals surface area contributed by atoms with Gasteiger partial charge in [-0.3, -0.25) is 0 Å². The molecule has 1 fully saturated rings. The summed E-state index contributed by atoms with van der Waals surface area (Å²) in [5.74, 6) is 6.51. The minimum atomic E-state index is -0.670. The highest BCUT2D eigenvalue weighted by Gasteiger charge is 2.36. The molecule has 0 radical (unpaired) electrons. The monoisotopic (exact) mass is 343 g/mol. The molecule has 2 rings (SSSR count). The molecular formula is C13H22BrN5O. The van der Waals surface area contributed by atoms with Crippen LogP contribution >= 0.6 is 15.9 Å². The fraction of sp³-hybridized carbons (Fsp3) is 0.692. The van der Waals surface area contributed by atoms with Gasteiger partial charge < -0.3 is 15.8 Å². The van der Waals surface area contributed by atoms with Crippen LogP contribution < -0.4 is 16.6 Å². The van der Waals surface area contributed by atoms with E-state index in [4.69, 9.17) is 5.84 Å². The van der Waals surface area contributed by atoms with Gasteiger partial charge in [-0.2, -0.15) is 0 Å². The third-order valence-electron chi connectivity index (χ3n) is 4.05. The molecule has 0 aliphatic heterocycles. The number of hydrazine groups is 1. The molecule has 0 atom stereocenters. The first-order chi connectivity index (χ1) is 9.35. The Morgan fingerprint density at radius 3 is 2.45 bits per heavy atom. The highest BCUT2D eigenvalue weighted by molar-refractivity contribution is 9.10. The van der Waals surface area contributed by atoms with Gasteiger partial charge >= 0.3 is 0 Å². The van der Waals surface area contributed by atoms with E-state index in [-0.39, 0.29) is 0 Å². The van der Waals surface area contributed by atoms with Crippen LogP contribution in [0, 0.1) is 5.41 Å². The van der Waals surface area contributed by atoms with Crippen LogP contribution in [0.15, 0.2) is 10.8 Å². The number of nitrogens with zero attached hydrogens (tertiary/aromatic N) is 2. The third kappa shape index (κ3) is 3.59. The van der Waals surface area contributed by atoms with Crippen molar-refractivity contribution in [2.45, 2.75) is 45.1 Å². The van der Waals surface area contributed by atoms with E-state index >= 15 is 0 Å². The van der Waals surface area contributed by atoms with Crippen LogP contribution in [0.2, 0.25) is 0 Å². The Kier molecular flexibility index (Phi) is 4.51. The van der Waals surface area contributed by atoms with Crippen molar-refractivity contribution in [2.75, 3.05) is 17.3 Å². The largest absolute Gasteiger partial charge is 0.388 e. The molecule has 1 aromatic heterocycles. The van der Waals surface area contributed by atoms with Crippen LogP contribution in [-0.2, 0) is 0 Å². The molecule has 20 heavy (non-hydrogen) atoms. The Bertz CT molecular complexity index is 470.